The Morgan fingerprint density at radius 1 is 1.69 bits per heavy atom. The molecule has 4 nitrogen and oxygen atoms in total. The lowest BCUT2D eigenvalue weighted by Crippen LogP contribution is -2.52. The fraction of sp³-hybridized carbons (Fsp3) is 0.889. The van der Waals surface area contributed by atoms with E-state index in [1.54, 1.807) is 0 Å². The van der Waals surface area contributed by atoms with Crippen LogP contribution >= 0.6 is 0 Å². The molecule has 1 rings (SSSR count). The van der Waals surface area contributed by atoms with Crippen LogP contribution in [0.3, 0.4) is 0 Å². The summed E-state index contributed by atoms with van der Waals surface area (Å²) in [6.07, 6.45) is 0. The number of nitrogens with zero attached hydrogens (tertiary/aromatic N) is 1. The van der Waals surface area contributed by atoms with Crippen molar-refractivity contribution in [1.82, 2.24) is 10.2 Å². The van der Waals surface area contributed by atoms with Crippen LogP contribution in [0.2, 0.25) is 0 Å². The third kappa shape index (κ3) is 2.97. The summed E-state index contributed by atoms with van der Waals surface area (Å²) < 4.78 is 5.28. The fourth-order valence-corrected chi connectivity index (χ4v) is 1.47. The zero-order chi connectivity index (χ0) is 9.68. The third-order valence-electron chi connectivity index (χ3n) is 2.22. The van der Waals surface area contributed by atoms with Gasteiger partial charge in [0.15, 0.2) is 0 Å². The van der Waals surface area contributed by atoms with Gasteiger partial charge in [-0.05, 0) is 13.8 Å². The minimum atomic E-state index is 0.179. The van der Waals surface area contributed by atoms with E-state index in [-0.39, 0.29) is 11.9 Å². The highest BCUT2D eigenvalue weighted by Gasteiger charge is 2.22. The fourth-order valence-electron chi connectivity index (χ4n) is 1.47. The Morgan fingerprint density at radius 2 is 2.46 bits per heavy atom. The molecule has 0 aromatic rings. The van der Waals surface area contributed by atoms with Gasteiger partial charge in [0.2, 0.25) is 5.91 Å². The summed E-state index contributed by atoms with van der Waals surface area (Å²) >= 11 is 0. The van der Waals surface area contributed by atoms with Gasteiger partial charge in [0.1, 0.15) is 0 Å². The van der Waals surface area contributed by atoms with Crippen molar-refractivity contribution >= 4 is 5.91 Å². The van der Waals surface area contributed by atoms with Crippen molar-refractivity contribution in [3.63, 3.8) is 0 Å². The van der Waals surface area contributed by atoms with E-state index >= 15 is 0 Å². The van der Waals surface area contributed by atoms with Gasteiger partial charge in [-0.25, -0.2) is 0 Å². The van der Waals surface area contributed by atoms with Gasteiger partial charge in [-0.2, -0.15) is 0 Å². The van der Waals surface area contributed by atoms with Gasteiger partial charge in [0.05, 0.1) is 19.2 Å². The number of nitrogens with one attached hydrogen (secondary N) is 1. The van der Waals surface area contributed by atoms with E-state index < -0.39 is 0 Å². The maximum Gasteiger partial charge on any atom is 0.236 e. The van der Waals surface area contributed by atoms with Crippen LogP contribution in [0, 0.1) is 0 Å². The Bertz CT molecular complexity index is 173. The molecule has 1 saturated heterocycles. The van der Waals surface area contributed by atoms with Crippen molar-refractivity contribution in [3.8, 4) is 0 Å². The Balaban J connectivity index is 2.34. The van der Waals surface area contributed by atoms with Crippen molar-refractivity contribution in [1.29, 1.82) is 0 Å². The highest BCUT2D eigenvalue weighted by molar-refractivity contribution is 5.79. The normalized spacial score (nSPS) is 20.5. The molecule has 1 fully saturated rings. The number of hydrogen-bond donors (Lipinski definition) is 1. The molecule has 13 heavy (non-hydrogen) atoms. The smallest absolute Gasteiger partial charge is 0.236 e. The number of piperazine rings is 1. The van der Waals surface area contributed by atoms with Gasteiger partial charge in [-0.1, -0.05) is 0 Å². The molecule has 1 aliphatic heterocycles. The van der Waals surface area contributed by atoms with E-state index in [0.717, 1.165) is 13.1 Å². The highest BCUT2D eigenvalue weighted by Crippen LogP contribution is 2.02. The average molecular weight is 186 g/mol. The van der Waals surface area contributed by atoms with Crippen molar-refractivity contribution in [2.45, 2.75) is 19.9 Å². The Hall–Kier alpha value is -0.610. The number of amides is 1. The van der Waals surface area contributed by atoms with E-state index in [1.165, 1.54) is 0 Å². The van der Waals surface area contributed by atoms with Crippen LogP contribution in [0.15, 0.2) is 0 Å². The molecule has 0 bridgehead atoms. The van der Waals surface area contributed by atoms with Crippen molar-refractivity contribution in [3.05, 3.63) is 0 Å². The lowest BCUT2D eigenvalue weighted by molar-refractivity contribution is -0.135. The molecular weight excluding hydrogens is 168 g/mol. The second kappa shape index (κ2) is 5.19. The number of rotatable bonds is 4. The molecule has 0 aromatic heterocycles. The molecular formula is C9H18N2O2. The minimum Gasteiger partial charge on any atom is -0.380 e. The second-order valence-electron chi connectivity index (χ2n) is 3.27. The Kier molecular flexibility index (Phi) is 4.18. The number of ether oxygens (including phenoxy) is 1. The molecule has 1 amide bonds. The number of carbonyl (C=O) groups excluding carboxylic acids is 1. The third-order valence-corrected chi connectivity index (χ3v) is 2.22. The molecule has 1 atom stereocenters. The van der Waals surface area contributed by atoms with Gasteiger partial charge >= 0.3 is 0 Å². The predicted octanol–water partition coefficient (Wildman–Crippen LogP) is -0.157. The number of carbonyl (C=O) groups is 1. The monoisotopic (exact) mass is 186 g/mol. The maximum atomic E-state index is 11.4. The van der Waals surface area contributed by atoms with Crippen LogP contribution < -0.4 is 5.32 Å². The first kappa shape index (κ1) is 10.5. The van der Waals surface area contributed by atoms with Gasteiger partial charge < -0.3 is 15.0 Å². The minimum absolute atomic E-state index is 0.179. The van der Waals surface area contributed by atoms with Crippen molar-refractivity contribution in [2.24, 2.45) is 0 Å². The number of hydrogen-bond acceptors (Lipinski definition) is 3. The Labute approximate surface area is 79.2 Å². The molecule has 0 spiro atoms. The standard InChI is InChI=1S/C9H18N2O2/c1-3-13-7-8(2)11-5-4-10-6-9(11)12/h8,10H,3-7H2,1-2H3. The lowest BCUT2D eigenvalue weighted by atomic mass is 10.2. The van der Waals surface area contributed by atoms with Crippen LogP contribution in [0.25, 0.3) is 0 Å². The van der Waals surface area contributed by atoms with Gasteiger partial charge in [0.25, 0.3) is 0 Å². The summed E-state index contributed by atoms with van der Waals surface area (Å²) in [6, 6.07) is 0.203. The first-order valence-electron chi connectivity index (χ1n) is 4.83. The van der Waals surface area contributed by atoms with E-state index in [1.807, 2.05) is 18.7 Å². The molecule has 1 N–H and O–H groups in total. The Morgan fingerprint density at radius 3 is 3.08 bits per heavy atom. The summed E-state index contributed by atoms with van der Waals surface area (Å²) in [5.41, 5.74) is 0. The quantitative estimate of drug-likeness (QED) is 0.663. The molecule has 0 aromatic carbocycles. The molecule has 0 radical (unpaired) electrons. The summed E-state index contributed by atoms with van der Waals surface area (Å²) in [5, 5.41) is 3.04. The molecule has 1 heterocycles. The first-order chi connectivity index (χ1) is 6.25. The van der Waals surface area contributed by atoms with Gasteiger partial charge in [-0.3, -0.25) is 4.79 Å². The van der Waals surface area contributed by atoms with E-state index in [9.17, 15) is 4.79 Å². The van der Waals surface area contributed by atoms with Crippen molar-refractivity contribution < 1.29 is 9.53 Å². The van der Waals surface area contributed by atoms with E-state index in [2.05, 4.69) is 5.32 Å². The van der Waals surface area contributed by atoms with Crippen LogP contribution in [0.5, 0.6) is 0 Å². The van der Waals surface area contributed by atoms with E-state index in [4.69, 9.17) is 4.74 Å². The van der Waals surface area contributed by atoms with Crippen LogP contribution in [0.4, 0.5) is 0 Å². The van der Waals surface area contributed by atoms with Crippen LogP contribution in [0.1, 0.15) is 13.8 Å². The first-order valence-corrected chi connectivity index (χ1v) is 4.83. The molecule has 0 aliphatic carbocycles. The summed E-state index contributed by atoms with van der Waals surface area (Å²) in [7, 11) is 0. The molecule has 4 heteroatoms. The largest absolute Gasteiger partial charge is 0.380 e. The summed E-state index contributed by atoms with van der Waals surface area (Å²) in [6.45, 7) is 7.50. The predicted molar refractivity (Wildman–Crippen MR) is 50.5 cm³/mol. The van der Waals surface area contributed by atoms with Gasteiger partial charge in [0, 0.05) is 19.7 Å². The summed E-state index contributed by atoms with van der Waals surface area (Å²) in [5.74, 6) is 0.179. The van der Waals surface area contributed by atoms with E-state index in [0.29, 0.717) is 19.8 Å². The molecule has 1 aliphatic rings. The zero-order valence-electron chi connectivity index (χ0n) is 8.38. The molecule has 76 valence electrons. The lowest BCUT2D eigenvalue weighted by Gasteiger charge is -2.32. The summed E-state index contributed by atoms with van der Waals surface area (Å²) in [4.78, 5) is 13.3. The van der Waals surface area contributed by atoms with Crippen LogP contribution in [-0.4, -0.2) is 49.7 Å². The van der Waals surface area contributed by atoms with Crippen molar-refractivity contribution in [2.75, 3.05) is 32.8 Å². The zero-order valence-corrected chi connectivity index (χ0v) is 8.38. The molecule has 1 unspecified atom stereocenters. The average Bonchev–Trinajstić information content (AvgIpc) is 2.15. The van der Waals surface area contributed by atoms with Gasteiger partial charge in [-0.15, -0.1) is 0 Å². The topological polar surface area (TPSA) is 41.6 Å². The molecule has 0 saturated carbocycles. The highest BCUT2D eigenvalue weighted by atomic mass is 16.5. The second-order valence-corrected chi connectivity index (χ2v) is 3.27. The SMILES string of the molecule is CCOCC(C)N1CCNCC1=O. The van der Waals surface area contributed by atoms with Crippen LogP contribution in [-0.2, 0) is 9.53 Å². The maximum absolute atomic E-state index is 11.4.